The van der Waals surface area contributed by atoms with E-state index in [0.717, 1.165) is 5.56 Å². The van der Waals surface area contributed by atoms with E-state index in [2.05, 4.69) is 16.4 Å². The molecule has 0 aliphatic carbocycles. The lowest BCUT2D eigenvalue weighted by Crippen LogP contribution is -1.96. The highest BCUT2D eigenvalue weighted by Gasteiger charge is 2.10. The van der Waals surface area contributed by atoms with Crippen molar-refractivity contribution < 1.29 is 13.9 Å². The Morgan fingerprint density at radius 2 is 1.96 bits per heavy atom. The summed E-state index contributed by atoms with van der Waals surface area (Å²) in [6.07, 6.45) is 1.57. The fourth-order valence-electron chi connectivity index (χ4n) is 2.37. The Labute approximate surface area is 160 Å². The van der Waals surface area contributed by atoms with Crippen molar-refractivity contribution in [1.82, 2.24) is 4.98 Å². The molecule has 136 valence electrons. The molecule has 27 heavy (non-hydrogen) atoms. The highest BCUT2D eigenvalue weighted by atomic mass is 32.1. The summed E-state index contributed by atoms with van der Waals surface area (Å²) in [5.41, 5.74) is 2.52. The predicted octanol–water partition coefficient (Wildman–Crippen LogP) is 4.94. The second-order valence-electron chi connectivity index (χ2n) is 5.43. The molecule has 0 aliphatic heterocycles. The summed E-state index contributed by atoms with van der Waals surface area (Å²) in [7, 11) is 3.15. The molecule has 3 aromatic rings. The largest absolute Gasteiger partial charge is 0.497 e. The number of benzene rings is 2. The molecule has 0 unspecified atom stereocenters. The summed E-state index contributed by atoms with van der Waals surface area (Å²) < 4.78 is 23.6. The van der Waals surface area contributed by atoms with Crippen molar-refractivity contribution in [1.29, 1.82) is 5.26 Å². The van der Waals surface area contributed by atoms with Crippen molar-refractivity contribution in [2.24, 2.45) is 0 Å². The van der Waals surface area contributed by atoms with E-state index in [-0.39, 0.29) is 5.82 Å². The summed E-state index contributed by atoms with van der Waals surface area (Å²) >= 11 is 1.34. The normalized spacial score (nSPS) is 11.0. The molecule has 0 saturated carbocycles. The number of nitrogens with one attached hydrogen (secondary N) is 1. The maximum absolute atomic E-state index is 13.1. The highest BCUT2D eigenvalue weighted by Crippen LogP contribution is 2.30. The fraction of sp³-hybridized carbons (Fsp3) is 0.100. The summed E-state index contributed by atoms with van der Waals surface area (Å²) in [4.78, 5) is 4.48. The number of anilines is 1. The van der Waals surface area contributed by atoms with E-state index in [1.54, 1.807) is 50.8 Å². The molecule has 0 amide bonds. The van der Waals surface area contributed by atoms with Gasteiger partial charge in [-0.05, 0) is 36.4 Å². The molecule has 1 aromatic heterocycles. The maximum atomic E-state index is 13.1. The van der Waals surface area contributed by atoms with Gasteiger partial charge < -0.3 is 14.8 Å². The number of nitrogens with zero attached hydrogens (tertiary/aromatic N) is 2. The minimum Gasteiger partial charge on any atom is -0.497 e. The Kier molecular flexibility index (Phi) is 5.69. The number of methoxy groups -OCH3 is 2. The van der Waals surface area contributed by atoms with E-state index in [1.807, 2.05) is 5.38 Å². The molecule has 0 saturated heterocycles. The van der Waals surface area contributed by atoms with Crippen molar-refractivity contribution in [3.8, 4) is 28.8 Å². The van der Waals surface area contributed by atoms with Gasteiger partial charge in [-0.15, -0.1) is 11.3 Å². The molecule has 3 rings (SSSR count). The van der Waals surface area contributed by atoms with Crippen LogP contribution in [0.1, 0.15) is 5.01 Å². The SMILES string of the molecule is COc1ccc(OC)c(NC=C(C#N)c2nc(-c3ccc(F)cc3)cs2)c1. The molecule has 0 fully saturated rings. The Bertz CT molecular complexity index is 1010. The van der Waals surface area contributed by atoms with Gasteiger partial charge in [0.1, 0.15) is 34.0 Å². The third-order valence-corrected chi connectivity index (χ3v) is 4.65. The standard InChI is InChI=1S/C20H16FN3O2S/c1-25-16-7-8-19(26-2)17(9-16)23-11-14(10-22)20-24-18(12-27-20)13-3-5-15(21)6-4-13/h3-9,11-12,23H,1-2H3. The first-order valence-electron chi connectivity index (χ1n) is 7.95. The van der Waals surface area contributed by atoms with Crippen LogP contribution in [0.4, 0.5) is 10.1 Å². The first-order valence-corrected chi connectivity index (χ1v) is 8.83. The fourth-order valence-corrected chi connectivity index (χ4v) is 3.16. The molecule has 2 aromatic carbocycles. The van der Waals surface area contributed by atoms with Crippen LogP contribution in [0.3, 0.4) is 0 Å². The van der Waals surface area contributed by atoms with Crippen molar-refractivity contribution in [3.63, 3.8) is 0 Å². The molecule has 5 nitrogen and oxygen atoms in total. The van der Waals surface area contributed by atoms with Gasteiger partial charge in [0.2, 0.25) is 0 Å². The zero-order valence-electron chi connectivity index (χ0n) is 14.7. The van der Waals surface area contributed by atoms with Crippen molar-refractivity contribution in [3.05, 3.63) is 64.9 Å². The van der Waals surface area contributed by atoms with Crippen LogP contribution in [0.2, 0.25) is 0 Å². The number of ether oxygens (including phenoxy) is 2. The van der Waals surface area contributed by atoms with Gasteiger partial charge in [-0.2, -0.15) is 5.26 Å². The van der Waals surface area contributed by atoms with E-state index >= 15 is 0 Å². The van der Waals surface area contributed by atoms with E-state index in [0.29, 0.717) is 33.5 Å². The van der Waals surface area contributed by atoms with Gasteiger partial charge >= 0.3 is 0 Å². The number of nitriles is 1. The van der Waals surface area contributed by atoms with Gasteiger partial charge in [0.15, 0.2) is 0 Å². The van der Waals surface area contributed by atoms with Gasteiger partial charge in [0, 0.05) is 23.2 Å². The highest BCUT2D eigenvalue weighted by molar-refractivity contribution is 7.11. The van der Waals surface area contributed by atoms with Gasteiger partial charge in [-0.25, -0.2) is 9.37 Å². The number of allylic oxidation sites excluding steroid dienone is 1. The predicted molar refractivity (Wildman–Crippen MR) is 104 cm³/mol. The van der Waals surface area contributed by atoms with E-state index in [9.17, 15) is 9.65 Å². The summed E-state index contributed by atoms with van der Waals surface area (Å²) in [6, 6.07) is 13.6. The lowest BCUT2D eigenvalue weighted by Gasteiger charge is -2.10. The Balaban J connectivity index is 1.86. The molecular weight excluding hydrogens is 365 g/mol. The first-order chi connectivity index (χ1) is 13.1. The zero-order valence-corrected chi connectivity index (χ0v) is 15.5. The summed E-state index contributed by atoms with van der Waals surface area (Å²) in [5.74, 6) is 0.983. The van der Waals surface area contributed by atoms with Crippen LogP contribution in [0.15, 0.2) is 54.0 Å². The third-order valence-electron chi connectivity index (χ3n) is 3.77. The smallest absolute Gasteiger partial charge is 0.142 e. The first kappa shape index (κ1) is 18.4. The van der Waals surface area contributed by atoms with Crippen LogP contribution in [0.5, 0.6) is 11.5 Å². The minimum absolute atomic E-state index is 0.303. The van der Waals surface area contributed by atoms with Crippen LogP contribution in [0, 0.1) is 17.1 Å². The van der Waals surface area contributed by atoms with E-state index in [1.165, 1.54) is 23.5 Å². The number of aromatic nitrogens is 1. The molecule has 1 heterocycles. The Morgan fingerprint density at radius 3 is 2.63 bits per heavy atom. The van der Waals surface area contributed by atoms with Crippen LogP contribution in [-0.4, -0.2) is 19.2 Å². The average Bonchev–Trinajstić information content (AvgIpc) is 3.18. The van der Waals surface area contributed by atoms with Crippen LogP contribution >= 0.6 is 11.3 Å². The second kappa shape index (κ2) is 8.34. The Morgan fingerprint density at radius 1 is 1.19 bits per heavy atom. The van der Waals surface area contributed by atoms with Crippen LogP contribution < -0.4 is 14.8 Å². The minimum atomic E-state index is -0.303. The average molecular weight is 381 g/mol. The molecule has 0 aliphatic rings. The van der Waals surface area contributed by atoms with Crippen LogP contribution in [0.25, 0.3) is 16.8 Å². The van der Waals surface area contributed by atoms with Gasteiger partial charge in [-0.1, -0.05) is 0 Å². The quantitative estimate of drug-likeness (QED) is 0.613. The third kappa shape index (κ3) is 4.25. The lowest BCUT2D eigenvalue weighted by molar-refractivity contribution is 0.405. The summed E-state index contributed by atoms with van der Waals surface area (Å²) in [5, 5.41) is 15.0. The number of halogens is 1. The maximum Gasteiger partial charge on any atom is 0.142 e. The topological polar surface area (TPSA) is 67.2 Å². The van der Waals surface area contributed by atoms with Crippen molar-refractivity contribution in [2.75, 3.05) is 19.5 Å². The van der Waals surface area contributed by atoms with Gasteiger partial charge in [0.05, 0.1) is 25.6 Å². The molecular formula is C20H16FN3O2S. The summed E-state index contributed by atoms with van der Waals surface area (Å²) in [6.45, 7) is 0. The molecule has 0 radical (unpaired) electrons. The lowest BCUT2D eigenvalue weighted by atomic mass is 10.2. The van der Waals surface area contributed by atoms with E-state index in [4.69, 9.17) is 9.47 Å². The number of rotatable bonds is 6. The van der Waals surface area contributed by atoms with E-state index < -0.39 is 0 Å². The van der Waals surface area contributed by atoms with Crippen LogP contribution in [-0.2, 0) is 0 Å². The zero-order chi connectivity index (χ0) is 19.2. The van der Waals surface area contributed by atoms with Crippen molar-refractivity contribution in [2.45, 2.75) is 0 Å². The van der Waals surface area contributed by atoms with Gasteiger partial charge in [-0.3, -0.25) is 0 Å². The number of thiazole rings is 1. The second-order valence-corrected chi connectivity index (χ2v) is 6.28. The number of hydrogen-bond acceptors (Lipinski definition) is 6. The molecule has 0 bridgehead atoms. The molecule has 1 N–H and O–H groups in total. The van der Waals surface area contributed by atoms with Crippen molar-refractivity contribution >= 4 is 22.6 Å². The molecule has 0 spiro atoms. The Hall–Kier alpha value is -3.37. The molecule has 0 atom stereocenters. The molecule has 7 heteroatoms. The monoisotopic (exact) mass is 381 g/mol. The van der Waals surface area contributed by atoms with Gasteiger partial charge in [0.25, 0.3) is 0 Å². The number of hydrogen-bond donors (Lipinski definition) is 1.